The number of hydrazine groups is 1. The van der Waals surface area contributed by atoms with Crippen molar-refractivity contribution in [3.8, 4) is 11.5 Å². The monoisotopic (exact) mass is 281 g/mol. The molecule has 0 spiro atoms. The number of nitrogens with two attached hydrogens (primary N) is 1. The summed E-state index contributed by atoms with van der Waals surface area (Å²) < 4.78 is 10.2. The van der Waals surface area contributed by atoms with Gasteiger partial charge in [-0.25, -0.2) is 0 Å². The average molecular weight is 281 g/mol. The number of hydrogen-bond acceptors (Lipinski definition) is 5. The van der Waals surface area contributed by atoms with E-state index in [0.29, 0.717) is 17.1 Å². The third-order valence-corrected chi connectivity index (χ3v) is 2.35. The van der Waals surface area contributed by atoms with Crippen molar-refractivity contribution >= 4 is 17.7 Å². The lowest BCUT2D eigenvalue weighted by Gasteiger charge is -2.10. The summed E-state index contributed by atoms with van der Waals surface area (Å²) in [4.78, 5) is 32.8. The third-order valence-electron chi connectivity index (χ3n) is 2.35. The number of amides is 3. The second-order valence-electron chi connectivity index (χ2n) is 3.73. The van der Waals surface area contributed by atoms with Gasteiger partial charge in [0.05, 0.1) is 20.6 Å². The minimum atomic E-state index is -1.18. The van der Waals surface area contributed by atoms with Crippen LogP contribution in [0, 0.1) is 0 Å². The molecule has 3 amide bonds. The average Bonchev–Trinajstić information content (AvgIpc) is 2.44. The van der Waals surface area contributed by atoms with Crippen molar-refractivity contribution in [3.05, 3.63) is 23.8 Å². The summed E-state index contributed by atoms with van der Waals surface area (Å²) in [6.45, 7) is 0. The fourth-order valence-electron chi connectivity index (χ4n) is 1.41. The van der Waals surface area contributed by atoms with Crippen molar-refractivity contribution < 1.29 is 23.9 Å². The molecule has 20 heavy (non-hydrogen) atoms. The summed E-state index contributed by atoms with van der Waals surface area (Å²) in [7, 11) is 2.98. The van der Waals surface area contributed by atoms with Gasteiger partial charge in [-0.3, -0.25) is 25.2 Å². The maximum Gasteiger partial charge on any atom is 0.327 e. The predicted molar refractivity (Wildman–Crippen MR) is 68.7 cm³/mol. The van der Waals surface area contributed by atoms with Crippen LogP contribution in [0.5, 0.6) is 11.5 Å². The highest BCUT2D eigenvalue weighted by Gasteiger charge is 2.11. The maximum atomic E-state index is 11.5. The van der Waals surface area contributed by atoms with E-state index in [1.54, 1.807) is 18.2 Å². The fraction of sp³-hybridized carbons (Fsp3) is 0.250. The Labute approximate surface area is 115 Å². The van der Waals surface area contributed by atoms with Crippen LogP contribution in [-0.4, -0.2) is 31.9 Å². The van der Waals surface area contributed by atoms with E-state index in [-0.39, 0.29) is 6.42 Å². The number of carbonyl (C=O) groups excluding carboxylic acids is 3. The molecule has 8 heteroatoms. The molecule has 0 aromatic heterocycles. The fourth-order valence-corrected chi connectivity index (χ4v) is 1.41. The first-order valence-electron chi connectivity index (χ1n) is 5.57. The molecule has 0 fully saturated rings. The molecule has 0 heterocycles. The Balaban J connectivity index is 2.62. The molecule has 4 N–H and O–H groups in total. The summed E-state index contributed by atoms with van der Waals surface area (Å²) in [6.07, 6.45) is -0.0145. The highest BCUT2D eigenvalue weighted by Crippen LogP contribution is 2.27. The first-order valence-corrected chi connectivity index (χ1v) is 5.57. The van der Waals surface area contributed by atoms with Crippen LogP contribution in [0.25, 0.3) is 0 Å². The van der Waals surface area contributed by atoms with Gasteiger partial charge < -0.3 is 15.2 Å². The number of nitrogens with one attached hydrogen (secondary N) is 2. The maximum absolute atomic E-state index is 11.5. The molecule has 0 bridgehead atoms. The van der Waals surface area contributed by atoms with Gasteiger partial charge in [-0.2, -0.15) is 0 Å². The van der Waals surface area contributed by atoms with Gasteiger partial charge in [0.25, 0.3) is 0 Å². The lowest BCUT2D eigenvalue weighted by atomic mass is 10.1. The molecule has 0 unspecified atom stereocenters. The van der Waals surface area contributed by atoms with Crippen LogP contribution in [0.1, 0.15) is 5.56 Å². The minimum absolute atomic E-state index is 0.0145. The van der Waals surface area contributed by atoms with E-state index in [1.807, 2.05) is 5.43 Å². The summed E-state index contributed by atoms with van der Waals surface area (Å²) in [6, 6.07) is 4.97. The summed E-state index contributed by atoms with van der Waals surface area (Å²) in [5.74, 6) is -1.76. The van der Waals surface area contributed by atoms with Crippen molar-refractivity contribution in [1.82, 2.24) is 10.9 Å². The van der Waals surface area contributed by atoms with Crippen LogP contribution in [0.2, 0.25) is 0 Å². The van der Waals surface area contributed by atoms with Gasteiger partial charge in [0.2, 0.25) is 5.91 Å². The molecular weight excluding hydrogens is 266 g/mol. The number of methoxy groups -OCH3 is 2. The lowest BCUT2D eigenvalue weighted by molar-refractivity contribution is -0.139. The normalized spacial score (nSPS) is 9.50. The van der Waals surface area contributed by atoms with E-state index in [9.17, 15) is 14.4 Å². The Bertz CT molecular complexity index is 530. The molecule has 8 nitrogen and oxygen atoms in total. The Morgan fingerprint density at radius 1 is 1.10 bits per heavy atom. The zero-order valence-electron chi connectivity index (χ0n) is 11.1. The van der Waals surface area contributed by atoms with Gasteiger partial charge in [-0.15, -0.1) is 0 Å². The molecular formula is C12H15N3O5. The van der Waals surface area contributed by atoms with Crippen LogP contribution in [0.15, 0.2) is 18.2 Å². The Hall–Kier alpha value is -2.77. The second-order valence-corrected chi connectivity index (χ2v) is 3.73. The van der Waals surface area contributed by atoms with Crippen LogP contribution >= 0.6 is 0 Å². The van der Waals surface area contributed by atoms with Gasteiger partial charge in [-0.05, 0) is 17.7 Å². The zero-order valence-corrected chi connectivity index (χ0v) is 11.1. The van der Waals surface area contributed by atoms with Crippen molar-refractivity contribution in [1.29, 1.82) is 0 Å². The molecule has 1 aromatic carbocycles. The predicted octanol–water partition coefficient (Wildman–Crippen LogP) is -1.12. The molecule has 0 aliphatic heterocycles. The lowest BCUT2D eigenvalue weighted by Crippen LogP contribution is -2.47. The van der Waals surface area contributed by atoms with Gasteiger partial charge >= 0.3 is 11.8 Å². The molecule has 0 aliphatic carbocycles. The van der Waals surface area contributed by atoms with Crippen LogP contribution in [0.3, 0.4) is 0 Å². The van der Waals surface area contributed by atoms with E-state index in [1.165, 1.54) is 14.2 Å². The second kappa shape index (κ2) is 6.98. The van der Waals surface area contributed by atoms with E-state index >= 15 is 0 Å². The molecule has 0 saturated carbocycles. The molecule has 1 aromatic rings. The minimum Gasteiger partial charge on any atom is -0.493 e. The highest BCUT2D eigenvalue weighted by molar-refractivity contribution is 6.34. The molecule has 0 aliphatic rings. The van der Waals surface area contributed by atoms with Crippen LogP contribution in [-0.2, 0) is 20.8 Å². The molecule has 0 saturated heterocycles. The van der Waals surface area contributed by atoms with E-state index in [2.05, 4.69) is 5.43 Å². The number of benzene rings is 1. The van der Waals surface area contributed by atoms with Crippen LogP contribution < -0.4 is 26.1 Å². The van der Waals surface area contributed by atoms with E-state index < -0.39 is 17.7 Å². The Morgan fingerprint density at radius 3 is 2.30 bits per heavy atom. The van der Waals surface area contributed by atoms with Crippen molar-refractivity contribution in [2.75, 3.05) is 14.2 Å². The molecule has 1 rings (SSSR count). The standard InChI is InChI=1S/C12H15N3O5/c1-19-8-4-3-7(5-9(8)20-2)6-10(16)14-15-12(18)11(13)17/h3-5H,6H2,1-2H3,(H2,13,17)(H,14,16)(H,15,18). The first kappa shape index (κ1) is 15.3. The number of hydrogen-bond donors (Lipinski definition) is 3. The van der Waals surface area contributed by atoms with Gasteiger partial charge in [0.1, 0.15) is 0 Å². The summed E-state index contributed by atoms with van der Waals surface area (Å²) in [5, 5.41) is 0. The van der Waals surface area contributed by atoms with Crippen molar-refractivity contribution in [2.24, 2.45) is 5.73 Å². The summed E-state index contributed by atoms with van der Waals surface area (Å²) in [5.41, 5.74) is 9.31. The first-order chi connectivity index (χ1) is 9.47. The number of carbonyl (C=O) groups is 3. The number of primary amides is 1. The Kier molecular flexibility index (Phi) is 5.33. The van der Waals surface area contributed by atoms with Gasteiger partial charge in [-0.1, -0.05) is 6.07 Å². The number of ether oxygens (including phenoxy) is 2. The molecule has 0 atom stereocenters. The van der Waals surface area contributed by atoms with Gasteiger partial charge in [0, 0.05) is 0 Å². The van der Waals surface area contributed by atoms with Crippen molar-refractivity contribution in [3.63, 3.8) is 0 Å². The van der Waals surface area contributed by atoms with E-state index in [0.717, 1.165) is 0 Å². The zero-order chi connectivity index (χ0) is 15.1. The smallest absolute Gasteiger partial charge is 0.327 e. The Morgan fingerprint density at radius 2 is 1.75 bits per heavy atom. The summed E-state index contributed by atoms with van der Waals surface area (Å²) >= 11 is 0. The van der Waals surface area contributed by atoms with Crippen molar-refractivity contribution in [2.45, 2.75) is 6.42 Å². The molecule has 0 radical (unpaired) electrons. The SMILES string of the molecule is COc1ccc(CC(=O)NNC(=O)C(N)=O)cc1OC. The topological polar surface area (TPSA) is 120 Å². The number of rotatable bonds is 4. The van der Waals surface area contributed by atoms with Crippen LogP contribution in [0.4, 0.5) is 0 Å². The van der Waals surface area contributed by atoms with E-state index in [4.69, 9.17) is 15.2 Å². The highest BCUT2D eigenvalue weighted by atomic mass is 16.5. The third kappa shape index (κ3) is 4.16. The largest absolute Gasteiger partial charge is 0.493 e. The van der Waals surface area contributed by atoms with Gasteiger partial charge in [0.15, 0.2) is 11.5 Å². The quantitative estimate of drug-likeness (QED) is 0.477. The molecule has 108 valence electrons.